The molecule has 0 radical (unpaired) electrons. The topological polar surface area (TPSA) is 81.0 Å². The SMILES string of the molecule is CCCNC(C)Cc1ncc([N+](=O)[O-])cn1. The van der Waals surface area contributed by atoms with Crippen molar-refractivity contribution in [1.29, 1.82) is 0 Å². The molecule has 0 bridgehead atoms. The van der Waals surface area contributed by atoms with Gasteiger partial charge in [0.15, 0.2) is 0 Å². The number of hydrogen-bond donors (Lipinski definition) is 1. The highest BCUT2D eigenvalue weighted by molar-refractivity contribution is 5.20. The number of nitrogens with one attached hydrogen (secondary N) is 1. The van der Waals surface area contributed by atoms with Gasteiger partial charge in [0, 0.05) is 12.5 Å². The predicted octanol–water partition coefficient (Wildman–Crippen LogP) is 1.32. The molecule has 0 saturated carbocycles. The molecule has 0 aromatic carbocycles. The molecule has 0 fully saturated rings. The van der Waals surface area contributed by atoms with Crippen LogP contribution in [-0.2, 0) is 6.42 Å². The van der Waals surface area contributed by atoms with Gasteiger partial charge >= 0.3 is 5.69 Å². The number of nitro groups is 1. The zero-order valence-corrected chi connectivity index (χ0v) is 9.51. The van der Waals surface area contributed by atoms with Gasteiger partial charge in [0.05, 0.1) is 4.92 Å². The normalized spacial score (nSPS) is 12.4. The van der Waals surface area contributed by atoms with Crippen molar-refractivity contribution < 1.29 is 4.92 Å². The molecular weight excluding hydrogens is 208 g/mol. The molecule has 1 heterocycles. The summed E-state index contributed by atoms with van der Waals surface area (Å²) in [4.78, 5) is 17.8. The summed E-state index contributed by atoms with van der Waals surface area (Å²) >= 11 is 0. The van der Waals surface area contributed by atoms with Crippen LogP contribution in [0.1, 0.15) is 26.1 Å². The predicted molar refractivity (Wildman–Crippen MR) is 60.1 cm³/mol. The molecule has 0 amide bonds. The standard InChI is InChI=1S/C10H16N4O2/c1-3-4-11-8(2)5-10-12-6-9(7-13-10)14(15)16/h6-8,11H,3-5H2,1-2H3. The van der Waals surface area contributed by atoms with Crippen molar-refractivity contribution in [2.75, 3.05) is 6.54 Å². The highest BCUT2D eigenvalue weighted by atomic mass is 16.6. The number of aromatic nitrogens is 2. The van der Waals surface area contributed by atoms with Crippen molar-refractivity contribution in [2.24, 2.45) is 0 Å². The molecule has 1 unspecified atom stereocenters. The first-order chi connectivity index (χ1) is 7.63. The van der Waals surface area contributed by atoms with Crippen LogP contribution in [0.2, 0.25) is 0 Å². The Morgan fingerprint density at radius 1 is 1.50 bits per heavy atom. The second kappa shape index (κ2) is 6.12. The monoisotopic (exact) mass is 224 g/mol. The second-order valence-corrected chi connectivity index (χ2v) is 3.67. The van der Waals surface area contributed by atoms with E-state index >= 15 is 0 Å². The summed E-state index contributed by atoms with van der Waals surface area (Å²) in [5, 5.41) is 13.7. The van der Waals surface area contributed by atoms with Gasteiger partial charge in [-0.15, -0.1) is 0 Å². The Bertz CT molecular complexity index is 339. The summed E-state index contributed by atoms with van der Waals surface area (Å²) in [6, 6.07) is 0.279. The largest absolute Gasteiger partial charge is 0.314 e. The van der Waals surface area contributed by atoms with E-state index in [2.05, 4.69) is 22.2 Å². The van der Waals surface area contributed by atoms with Crippen molar-refractivity contribution >= 4 is 5.69 Å². The van der Waals surface area contributed by atoms with E-state index < -0.39 is 4.92 Å². The fourth-order valence-electron chi connectivity index (χ4n) is 1.28. The molecule has 1 N–H and O–H groups in total. The fourth-order valence-corrected chi connectivity index (χ4v) is 1.28. The van der Waals surface area contributed by atoms with Crippen molar-refractivity contribution in [2.45, 2.75) is 32.7 Å². The zero-order chi connectivity index (χ0) is 12.0. The van der Waals surface area contributed by atoms with Crippen LogP contribution < -0.4 is 5.32 Å². The van der Waals surface area contributed by atoms with E-state index in [1.165, 1.54) is 12.4 Å². The Morgan fingerprint density at radius 3 is 2.62 bits per heavy atom. The minimum Gasteiger partial charge on any atom is -0.314 e. The molecule has 1 aromatic heterocycles. The molecule has 1 aromatic rings. The van der Waals surface area contributed by atoms with Crippen molar-refractivity contribution in [3.8, 4) is 0 Å². The molecule has 6 heteroatoms. The Labute approximate surface area is 94.3 Å². The first kappa shape index (κ1) is 12.5. The Morgan fingerprint density at radius 2 is 2.12 bits per heavy atom. The van der Waals surface area contributed by atoms with Crippen LogP contribution >= 0.6 is 0 Å². The van der Waals surface area contributed by atoms with E-state index in [0.29, 0.717) is 12.2 Å². The molecule has 0 saturated heterocycles. The van der Waals surface area contributed by atoms with E-state index in [-0.39, 0.29) is 11.7 Å². The van der Waals surface area contributed by atoms with Crippen LogP contribution in [0.25, 0.3) is 0 Å². The quantitative estimate of drug-likeness (QED) is 0.582. The van der Waals surface area contributed by atoms with Gasteiger partial charge in [-0.05, 0) is 19.9 Å². The highest BCUT2D eigenvalue weighted by Gasteiger charge is 2.08. The van der Waals surface area contributed by atoms with E-state index in [4.69, 9.17) is 0 Å². The molecule has 6 nitrogen and oxygen atoms in total. The van der Waals surface area contributed by atoms with Crippen LogP contribution in [0.4, 0.5) is 5.69 Å². The lowest BCUT2D eigenvalue weighted by molar-refractivity contribution is -0.385. The Balaban J connectivity index is 2.51. The molecule has 0 aliphatic heterocycles. The molecule has 16 heavy (non-hydrogen) atoms. The van der Waals surface area contributed by atoms with E-state index in [1.807, 2.05) is 6.92 Å². The molecule has 0 aliphatic rings. The third kappa shape index (κ3) is 3.90. The van der Waals surface area contributed by atoms with Gasteiger partial charge in [-0.25, -0.2) is 9.97 Å². The molecule has 0 spiro atoms. The average Bonchev–Trinajstić information content (AvgIpc) is 2.27. The number of nitrogens with zero attached hydrogens (tertiary/aromatic N) is 3. The fraction of sp³-hybridized carbons (Fsp3) is 0.600. The van der Waals surface area contributed by atoms with Crippen LogP contribution in [0, 0.1) is 10.1 Å². The third-order valence-corrected chi connectivity index (χ3v) is 2.13. The van der Waals surface area contributed by atoms with Crippen LogP contribution in [0.5, 0.6) is 0 Å². The highest BCUT2D eigenvalue weighted by Crippen LogP contribution is 2.06. The van der Waals surface area contributed by atoms with Gasteiger partial charge in [-0.3, -0.25) is 10.1 Å². The van der Waals surface area contributed by atoms with Crippen LogP contribution in [0.3, 0.4) is 0 Å². The minimum atomic E-state index is -0.497. The third-order valence-electron chi connectivity index (χ3n) is 2.13. The average molecular weight is 224 g/mol. The van der Waals surface area contributed by atoms with Gasteiger partial charge < -0.3 is 5.32 Å². The maximum absolute atomic E-state index is 10.4. The summed E-state index contributed by atoms with van der Waals surface area (Å²) < 4.78 is 0. The summed E-state index contributed by atoms with van der Waals surface area (Å²) in [7, 11) is 0. The van der Waals surface area contributed by atoms with E-state index in [0.717, 1.165) is 13.0 Å². The summed E-state index contributed by atoms with van der Waals surface area (Å²) in [5.41, 5.74) is -0.0714. The number of hydrogen-bond acceptors (Lipinski definition) is 5. The van der Waals surface area contributed by atoms with Crippen LogP contribution in [-0.4, -0.2) is 27.5 Å². The van der Waals surface area contributed by atoms with Gasteiger partial charge in [0.1, 0.15) is 18.2 Å². The number of rotatable bonds is 6. The van der Waals surface area contributed by atoms with Gasteiger partial charge in [0.2, 0.25) is 0 Å². The van der Waals surface area contributed by atoms with Crippen molar-refractivity contribution in [1.82, 2.24) is 15.3 Å². The van der Waals surface area contributed by atoms with Gasteiger partial charge in [0.25, 0.3) is 0 Å². The summed E-state index contributed by atoms with van der Waals surface area (Å²) in [6.07, 6.45) is 4.24. The van der Waals surface area contributed by atoms with Gasteiger partial charge in [-0.1, -0.05) is 6.92 Å². The Kier molecular flexibility index (Phi) is 4.78. The van der Waals surface area contributed by atoms with E-state index in [1.54, 1.807) is 0 Å². The molecule has 1 rings (SSSR count). The zero-order valence-electron chi connectivity index (χ0n) is 9.51. The first-order valence-electron chi connectivity index (χ1n) is 5.32. The lowest BCUT2D eigenvalue weighted by Gasteiger charge is -2.11. The smallest absolute Gasteiger partial charge is 0.305 e. The van der Waals surface area contributed by atoms with Crippen LogP contribution in [0.15, 0.2) is 12.4 Å². The second-order valence-electron chi connectivity index (χ2n) is 3.67. The minimum absolute atomic E-state index is 0.0714. The summed E-state index contributed by atoms with van der Waals surface area (Å²) in [5.74, 6) is 0.627. The molecule has 88 valence electrons. The maximum atomic E-state index is 10.4. The molecule has 1 atom stereocenters. The Hall–Kier alpha value is -1.56. The summed E-state index contributed by atoms with van der Waals surface area (Å²) in [6.45, 7) is 5.09. The maximum Gasteiger partial charge on any atom is 0.305 e. The lowest BCUT2D eigenvalue weighted by Crippen LogP contribution is -2.29. The van der Waals surface area contributed by atoms with Crippen molar-refractivity contribution in [3.63, 3.8) is 0 Å². The first-order valence-corrected chi connectivity index (χ1v) is 5.32. The van der Waals surface area contributed by atoms with Gasteiger partial charge in [-0.2, -0.15) is 0 Å². The van der Waals surface area contributed by atoms with Crippen molar-refractivity contribution in [3.05, 3.63) is 28.3 Å². The lowest BCUT2D eigenvalue weighted by atomic mass is 10.2. The molecule has 0 aliphatic carbocycles. The molecular formula is C10H16N4O2. The van der Waals surface area contributed by atoms with E-state index in [9.17, 15) is 10.1 Å².